The molecule has 0 spiro atoms. The first kappa shape index (κ1) is 13.7. The predicted molar refractivity (Wildman–Crippen MR) is 60.7 cm³/mol. The summed E-state index contributed by atoms with van der Waals surface area (Å²) < 4.78 is 0. The van der Waals surface area contributed by atoms with Crippen molar-refractivity contribution in [3.05, 3.63) is 0 Å². The second kappa shape index (κ2) is 7.08. The number of aliphatic hydroxyl groups is 1. The average Bonchev–Trinajstić information content (AvgIpc) is 2.57. The van der Waals surface area contributed by atoms with E-state index in [1.54, 1.807) is 4.90 Å². The summed E-state index contributed by atoms with van der Waals surface area (Å²) in [5.74, 6) is -1.27. The number of urea groups is 1. The van der Waals surface area contributed by atoms with Crippen LogP contribution in [0.1, 0.15) is 12.8 Å². The number of carbonyl (C=O) groups is 2. The highest BCUT2D eigenvalue weighted by Gasteiger charge is 2.16. The zero-order valence-corrected chi connectivity index (χ0v) is 9.69. The molecule has 1 saturated heterocycles. The lowest BCUT2D eigenvalue weighted by Crippen LogP contribution is -2.42. The molecule has 98 valence electrons. The molecule has 0 aromatic rings. The van der Waals surface area contributed by atoms with E-state index in [-0.39, 0.29) is 19.0 Å². The number of amides is 2. The lowest BCUT2D eigenvalue weighted by molar-refractivity contribution is -0.146. The maximum atomic E-state index is 11.7. The molecule has 0 aromatic heterocycles. The Kier molecular flexibility index (Phi) is 5.71. The van der Waals surface area contributed by atoms with Crippen molar-refractivity contribution in [3.63, 3.8) is 0 Å². The molecule has 1 unspecified atom stereocenters. The Morgan fingerprint density at radius 3 is 2.82 bits per heavy atom. The van der Waals surface area contributed by atoms with E-state index >= 15 is 0 Å². The van der Waals surface area contributed by atoms with Crippen LogP contribution in [0.2, 0.25) is 0 Å². The van der Waals surface area contributed by atoms with Gasteiger partial charge in [-0.25, -0.2) is 9.59 Å². The van der Waals surface area contributed by atoms with Crippen LogP contribution in [0, 0.1) is 0 Å². The van der Waals surface area contributed by atoms with Gasteiger partial charge in [-0.2, -0.15) is 0 Å². The SMILES string of the molecule is O=C(O)C(O)CCNC(=O)N1CCCNCC1. The van der Waals surface area contributed by atoms with Gasteiger partial charge in [0, 0.05) is 32.6 Å². The number of carbonyl (C=O) groups excluding carboxylic acids is 1. The summed E-state index contributed by atoms with van der Waals surface area (Å²) in [6.45, 7) is 3.18. The second-order valence-electron chi connectivity index (χ2n) is 3.97. The maximum Gasteiger partial charge on any atom is 0.332 e. The summed E-state index contributed by atoms with van der Waals surface area (Å²) in [6.07, 6.45) is -0.487. The van der Waals surface area contributed by atoms with E-state index in [1.807, 2.05) is 0 Å². The minimum absolute atomic E-state index is 0.0210. The van der Waals surface area contributed by atoms with Gasteiger partial charge in [0.2, 0.25) is 0 Å². The van der Waals surface area contributed by atoms with Crippen LogP contribution in [0.3, 0.4) is 0 Å². The standard InChI is InChI=1S/C10H19N3O4/c14-8(9(15)16)2-4-12-10(17)13-6-1-3-11-5-7-13/h8,11,14H,1-7H2,(H,12,17)(H,15,16). The van der Waals surface area contributed by atoms with Gasteiger partial charge in [-0.15, -0.1) is 0 Å². The van der Waals surface area contributed by atoms with Crippen molar-refractivity contribution < 1.29 is 19.8 Å². The Balaban J connectivity index is 2.21. The minimum Gasteiger partial charge on any atom is -0.479 e. The molecular weight excluding hydrogens is 226 g/mol. The minimum atomic E-state index is -1.42. The molecule has 0 radical (unpaired) electrons. The van der Waals surface area contributed by atoms with Crippen molar-refractivity contribution in [2.45, 2.75) is 18.9 Å². The summed E-state index contributed by atoms with van der Waals surface area (Å²) in [7, 11) is 0. The smallest absolute Gasteiger partial charge is 0.332 e. The van der Waals surface area contributed by atoms with Gasteiger partial charge in [0.25, 0.3) is 0 Å². The zero-order valence-electron chi connectivity index (χ0n) is 9.69. The van der Waals surface area contributed by atoms with E-state index in [9.17, 15) is 9.59 Å². The van der Waals surface area contributed by atoms with Crippen LogP contribution < -0.4 is 10.6 Å². The van der Waals surface area contributed by atoms with Crippen molar-refractivity contribution in [3.8, 4) is 0 Å². The van der Waals surface area contributed by atoms with E-state index in [0.29, 0.717) is 13.1 Å². The number of aliphatic carboxylic acids is 1. The van der Waals surface area contributed by atoms with Crippen molar-refractivity contribution in [2.75, 3.05) is 32.7 Å². The number of hydrogen-bond acceptors (Lipinski definition) is 4. The van der Waals surface area contributed by atoms with E-state index in [1.165, 1.54) is 0 Å². The predicted octanol–water partition coefficient (Wildman–Crippen LogP) is -1.17. The Morgan fingerprint density at radius 1 is 1.35 bits per heavy atom. The largest absolute Gasteiger partial charge is 0.479 e. The first-order valence-corrected chi connectivity index (χ1v) is 5.75. The molecule has 0 bridgehead atoms. The zero-order chi connectivity index (χ0) is 12.7. The number of carboxylic acids is 1. The quantitative estimate of drug-likeness (QED) is 0.500. The fourth-order valence-corrected chi connectivity index (χ4v) is 1.60. The van der Waals surface area contributed by atoms with Crippen LogP contribution >= 0.6 is 0 Å². The Morgan fingerprint density at radius 2 is 2.12 bits per heavy atom. The van der Waals surface area contributed by atoms with Gasteiger partial charge in [-0.1, -0.05) is 0 Å². The van der Waals surface area contributed by atoms with E-state index in [0.717, 1.165) is 19.5 Å². The van der Waals surface area contributed by atoms with Crippen LogP contribution in [0.4, 0.5) is 4.79 Å². The first-order valence-electron chi connectivity index (χ1n) is 5.75. The molecule has 2 amide bonds. The van der Waals surface area contributed by atoms with Crippen molar-refractivity contribution in [2.24, 2.45) is 0 Å². The van der Waals surface area contributed by atoms with Gasteiger partial charge in [-0.3, -0.25) is 0 Å². The Hall–Kier alpha value is -1.34. The molecule has 1 atom stereocenters. The number of nitrogens with zero attached hydrogens (tertiary/aromatic N) is 1. The van der Waals surface area contributed by atoms with Gasteiger partial charge in [-0.05, 0) is 13.0 Å². The molecule has 7 nitrogen and oxygen atoms in total. The molecule has 1 rings (SSSR count). The summed E-state index contributed by atoms with van der Waals surface area (Å²) >= 11 is 0. The third-order valence-electron chi connectivity index (χ3n) is 2.61. The number of carboxylic acid groups (broad SMARTS) is 1. The van der Waals surface area contributed by atoms with Crippen LogP contribution in [-0.4, -0.2) is 65.9 Å². The third-order valence-corrected chi connectivity index (χ3v) is 2.61. The van der Waals surface area contributed by atoms with Crippen LogP contribution in [-0.2, 0) is 4.79 Å². The molecule has 1 heterocycles. The van der Waals surface area contributed by atoms with Crippen LogP contribution in [0.15, 0.2) is 0 Å². The second-order valence-corrected chi connectivity index (χ2v) is 3.97. The molecule has 0 aliphatic carbocycles. The first-order chi connectivity index (χ1) is 8.11. The molecule has 1 aliphatic rings. The lowest BCUT2D eigenvalue weighted by atomic mass is 10.2. The molecule has 0 saturated carbocycles. The summed E-state index contributed by atoms with van der Waals surface area (Å²) in [4.78, 5) is 23.7. The van der Waals surface area contributed by atoms with Gasteiger partial charge in [0.15, 0.2) is 6.10 Å². The fraction of sp³-hybridized carbons (Fsp3) is 0.800. The Bertz CT molecular complexity index is 264. The number of rotatable bonds is 4. The third kappa shape index (κ3) is 5.01. The van der Waals surface area contributed by atoms with Gasteiger partial charge >= 0.3 is 12.0 Å². The van der Waals surface area contributed by atoms with E-state index < -0.39 is 12.1 Å². The average molecular weight is 245 g/mol. The van der Waals surface area contributed by atoms with Gasteiger partial charge in [0.05, 0.1) is 0 Å². The summed E-state index contributed by atoms with van der Waals surface area (Å²) in [5.41, 5.74) is 0. The van der Waals surface area contributed by atoms with Crippen LogP contribution in [0.5, 0.6) is 0 Å². The fourth-order valence-electron chi connectivity index (χ4n) is 1.60. The molecule has 17 heavy (non-hydrogen) atoms. The summed E-state index contributed by atoms with van der Waals surface area (Å²) in [6, 6.07) is -0.203. The van der Waals surface area contributed by atoms with Gasteiger partial charge in [0.1, 0.15) is 0 Å². The molecule has 1 aliphatic heterocycles. The molecular formula is C10H19N3O4. The highest BCUT2D eigenvalue weighted by Crippen LogP contribution is 1.96. The van der Waals surface area contributed by atoms with E-state index in [4.69, 9.17) is 10.2 Å². The number of hydrogen-bond donors (Lipinski definition) is 4. The lowest BCUT2D eigenvalue weighted by Gasteiger charge is -2.20. The monoisotopic (exact) mass is 245 g/mol. The van der Waals surface area contributed by atoms with Crippen molar-refractivity contribution in [1.82, 2.24) is 15.5 Å². The summed E-state index contributed by atoms with van der Waals surface area (Å²) in [5, 5.41) is 23.3. The molecule has 7 heteroatoms. The number of nitrogens with one attached hydrogen (secondary N) is 2. The Labute approximate surface area is 99.8 Å². The molecule has 0 aromatic carbocycles. The highest BCUT2D eigenvalue weighted by molar-refractivity contribution is 5.74. The molecule has 1 fully saturated rings. The topological polar surface area (TPSA) is 102 Å². The van der Waals surface area contributed by atoms with Crippen molar-refractivity contribution in [1.29, 1.82) is 0 Å². The van der Waals surface area contributed by atoms with E-state index in [2.05, 4.69) is 10.6 Å². The maximum absolute atomic E-state index is 11.7. The van der Waals surface area contributed by atoms with Crippen LogP contribution in [0.25, 0.3) is 0 Å². The van der Waals surface area contributed by atoms with Gasteiger partial charge < -0.3 is 25.7 Å². The normalized spacial score (nSPS) is 18.3. The van der Waals surface area contributed by atoms with Crippen molar-refractivity contribution >= 4 is 12.0 Å². The highest BCUT2D eigenvalue weighted by atomic mass is 16.4. The number of aliphatic hydroxyl groups excluding tert-OH is 1. The molecule has 4 N–H and O–H groups in total.